The number of aromatic nitrogens is 1. The normalized spacial score (nSPS) is 11.3. The predicted octanol–water partition coefficient (Wildman–Crippen LogP) is 3.81. The summed E-state index contributed by atoms with van der Waals surface area (Å²) in [5.74, 6) is 0. The van der Waals surface area contributed by atoms with Crippen LogP contribution in [0, 0.1) is 0 Å². The Morgan fingerprint density at radius 2 is 2.17 bits per heavy atom. The highest BCUT2D eigenvalue weighted by Gasteiger charge is 2.03. The lowest BCUT2D eigenvalue weighted by atomic mass is 10.3. The van der Waals surface area contributed by atoms with Crippen LogP contribution in [0.5, 0.6) is 0 Å². The summed E-state index contributed by atoms with van der Waals surface area (Å²) in [7, 11) is 4.22. The summed E-state index contributed by atoms with van der Waals surface area (Å²) < 4.78 is 2.33. The van der Waals surface area contributed by atoms with Crippen molar-refractivity contribution in [3.8, 4) is 0 Å². The van der Waals surface area contributed by atoms with Crippen molar-refractivity contribution in [2.24, 2.45) is 0 Å². The van der Waals surface area contributed by atoms with E-state index in [1.807, 2.05) is 12.1 Å². The molecule has 0 bridgehead atoms. The molecule has 1 aromatic heterocycles. The molecule has 98 valence electrons. The molecular weight excluding hydrogens is 310 g/mol. The Balaban J connectivity index is 1.84. The van der Waals surface area contributed by atoms with E-state index in [0.717, 1.165) is 28.2 Å². The van der Waals surface area contributed by atoms with E-state index in [0.29, 0.717) is 0 Å². The molecule has 1 N–H and O–H groups in total. The van der Waals surface area contributed by atoms with E-state index in [1.165, 1.54) is 17.5 Å². The Hall–Kier alpha value is -0.650. The summed E-state index contributed by atoms with van der Waals surface area (Å²) in [6.45, 7) is 2.14. The van der Waals surface area contributed by atoms with Crippen molar-refractivity contribution in [1.82, 2.24) is 9.88 Å². The minimum Gasteiger partial charge on any atom is -0.361 e. The van der Waals surface area contributed by atoms with E-state index in [-0.39, 0.29) is 0 Å². The van der Waals surface area contributed by atoms with E-state index in [4.69, 9.17) is 0 Å². The van der Waals surface area contributed by atoms with Crippen LogP contribution in [-0.2, 0) is 0 Å². The molecule has 0 amide bonds. The van der Waals surface area contributed by atoms with E-state index < -0.39 is 0 Å². The summed E-state index contributed by atoms with van der Waals surface area (Å²) in [6, 6.07) is 6.19. The third kappa shape index (κ3) is 3.93. The fourth-order valence-electron chi connectivity index (χ4n) is 1.72. The average Bonchev–Trinajstić information content (AvgIpc) is 2.70. The lowest BCUT2D eigenvalue weighted by Crippen LogP contribution is -2.14. The molecule has 5 heteroatoms. The van der Waals surface area contributed by atoms with Gasteiger partial charge in [-0.2, -0.15) is 0 Å². The van der Waals surface area contributed by atoms with Crippen LogP contribution in [0.4, 0.5) is 5.13 Å². The summed E-state index contributed by atoms with van der Waals surface area (Å²) in [4.78, 5) is 6.78. The molecule has 0 aliphatic carbocycles. The zero-order valence-corrected chi connectivity index (χ0v) is 13.1. The van der Waals surface area contributed by atoms with E-state index in [9.17, 15) is 0 Å². The number of thiazole rings is 1. The molecule has 0 saturated heterocycles. The summed E-state index contributed by atoms with van der Waals surface area (Å²) in [5.41, 5.74) is 1.07. The Kier molecular flexibility index (Phi) is 4.97. The van der Waals surface area contributed by atoms with E-state index in [1.54, 1.807) is 11.3 Å². The number of benzene rings is 1. The summed E-state index contributed by atoms with van der Waals surface area (Å²) in [5, 5.41) is 4.42. The fourth-order valence-corrected chi connectivity index (χ4v) is 3.17. The van der Waals surface area contributed by atoms with Crippen LogP contribution in [0.15, 0.2) is 22.7 Å². The Bertz CT molecular complexity index is 510. The van der Waals surface area contributed by atoms with Gasteiger partial charge in [-0.25, -0.2) is 4.98 Å². The second kappa shape index (κ2) is 6.50. The lowest BCUT2D eigenvalue weighted by molar-refractivity contribution is 0.396. The van der Waals surface area contributed by atoms with Gasteiger partial charge in [-0.05, 0) is 51.7 Å². The first-order valence-corrected chi connectivity index (χ1v) is 7.71. The summed E-state index contributed by atoms with van der Waals surface area (Å²) in [6.07, 6.45) is 2.40. The minimum atomic E-state index is 0.995. The molecule has 0 radical (unpaired) electrons. The van der Waals surface area contributed by atoms with Gasteiger partial charge in [0.2, 0.25) is 0 Å². The third-order valence-electron chi connectivity index (χ3n) is 2.66. The molecule has 0 atom stereocenters. The first-order valence-electron chi connectivity index (χ1n) is 6.10. The van der Waals surface area contributed by atoms with Gasteiger partial charge in [0.1, 0.15) is 0 Å². The molecule has 3 nitrogen and oxygen atoms in total. The number of hydrogen-bond donors (Lipinski definition) is 1. The minimum absolute atomic E-state index is 0.995. The molecule has 0 unspecified atom stereocenters. The molecule has 0 saturated carbocycles. The molecule has 1 aromatic carbocycles. The molecule has 2 rings (SSSR count). The monoisotopic (exact) mass is 327 g/mol. The predicted molar refractivity (Wildman–Crippen MR) is 83.6 cm³/mol. The van der Waals surface area contributed by atoms with Gasteiger partial charge in [0.05, 0.1) is 10.2 Å². The quantitative estimate of drug-likeness (QED) is 0.817. The fraction of sp³-hybridized carbons (Fsp3) is 0.462. The molecule has 1 heterocycles. The average molecular weight is 328 g/mol. The Labute approximate surface area is 120 Å². The van der Waals surface area contributed by atoms with Crippen LogP contribution in [0.1, 0.15) is 12.8 Å². The van der Waals surface area contributed by atoms with Crippen LogP contribution in [-0.4, -0.2) is 37.1 Å². The first-order chi connectivity index (χ1) is 8.65. The number of nitrogens with zero attached hydrogens (tertiary/aromatic N) is 2. The van der Waals surface area contributed by atoms with Gasteiger partial charge in [0, 0.05) is 11.0 Å². The third-order valence-corrected chi connectivity index (χ3v) is 4.13. The standard InChI is InChI=1S/C13H18BrN3S/c1-17(2)8-4-3-7-15-13-16-11-6-5-10(14)9-12(11)18-13/h5-6,9H,3-4,7-8H2,1-2H3,(H,15,16). The smallest absolute Gasteiger partial charge is 0.183 e. The van der Waals surface area contributed by atoms with Crippen LogP contribution in [0.2, 0.25) is 0 Å². The van der Waals surface area contributed by atoms with Gasteiger partial charge >= 0.3 is 0 Å². The number of unbranched alkanes of at least 4 members (excludes halogenated alkanes) is 1. The highest BCUT2D eigenvalue weighted by Crippen LogP contribution is 2.28. The number of halogens is 1. The van der Waals surface area contributed by atoms with Gasteiger partial charge in [0.25, 0.3) is 0 Å². The van der Waals surface area contributed by atoms with Gasteiger partial charge in [0.15, 0.2) is 5.13 Å². The topological polar surface area (TPSA) is 28.2 Å². The van der Waals surface area contributed by atoms with Crippen LogP contribution < -0.4 is 5.32 Å². The number of hydrogen-bond acceptors (Lipinski definition) is 4. The zero-order valence-electron chi connectivity index (χ0n) is 10.7. The largest absolute Gasteiger partial charge is 0.361 e. The van der Waals surface area contributed by atoms with Crippen molar-refractivity contribution < 1.29 is 0 Å². The molecule has 0 aliphatic rings. The maximum atomic E-state index is 4.56. The van der Waals surface area contributed by atoms with Crippen molar-refractivity contribution in [1.29, 1.82) is 0 Å². The number of nitrogens with one attached hydrogen (secondary N) is 1. The van der Waals surface area contributed by atoms with Gasteiger partial charge in [-0.1, -0.05) is 27.3 Å². The molecule has 0 aliphatic heterocycles. The number of anilines is 1. The molecule has 18 heavy (non-hydrogen) atoms. The van der Waals surface area contributed by atoms with Crippen LogP contribution in [0.3, 0.4) is 0 Å². The second-order valence-electron chi connectivity index (χ2n) is 4.57. The van der Waals surface area contributed by atoms with Crippen molar-refractivity contribution in [3.05, 3.63) is 22.7 Å². The molecular formula is C13H18BrN3S. The van der Waals surface area contributed by atoms with Gasteiger partial charge in [-0.3, -0.25) is 0 Å². The maximum absolute atomic E-state index is 4.56. The highest BCUT2D eigenvalue weighted by molar-refractivity contribution is 9.10. The van der Waals surface area contributed by atoms with E-state index >= 15 is 0 Å². The van der Waals surface area contributed by atoms with Crippen LogP contribution in [0.25, 0.3) is 10.2 Å². The van der Waals surface area contributed by atoms with Crippen molar-refractivity contribution in [2.75, 3.05) is 32.5 Å². The SMILES string of the molecule is CN(C)CCCCNc1nc2ccc(Br)cc2s1. The van der Waals surface area contributed by atoms with Gasteiger partial charge in [-0.15, -0.1) is 0 Å². The Morgan fingerprint density at radius 1 is 1.33 bits per heavy atom. The first kappa shape index (κ1) is 13.8. The Morgan fingerprint density at radius 3 is 2.94 bits per heavy atom. The lowest BCUT2D eigenvalue weighted by Gasteiger charge is -2.08. The molecule has 2 aromatic rings. The maximum Gasteiger partial charge on any atom is 0.183 e. The van der Waals surface area contributed by atoms with E-state index in [2.05, 4.69) is 51.3 Å². The van der Waals surface area contributed by atoms with Crippen LogP contribution >= 0.6 is 27.3 Å². The zero-order chi connectivity index (χ0) is 13.0. The summed E-state index contributed by atoms with van der Waals surface area (Å²) >= 11 is 5.20. The highest BCUT2D eigenvalue weighted by atomic mass is 79.9. The number of rotatable bonds is 6. The molecule has 0 fully saturated rings. The van der Waals surface area contributed by atoms with Crippen molar-refractivity contribution >= 4 is 42.6 Å². The second-order valence-corrected chi connectivity index (χ2v) is 6.51. The van der Waals surface area contributed by atoms with Crippen molar-refractivity contribution in [2.45, 2.75) is 12.8 Å². The number of fused-ring (bicyclic) bond motifs is 1. The molecule has 0 spiro atoms. The van der Waals surface area contributed by atoms with Crippen molar-refractivity contribution in [3.63, 3.8) is 0 Å². The van der Waals surface area contributed by atoms with Gasteiger partial charge < -0.3 is 10.2 Å².